The number of pyridine rings is 1. The minimum atomic E-state index is -1.02. The Morgan fingerprint density at radius 1 is 1.08 bits per heavy atom. The Morgan fingerprint density at radius 2 is 1.88 bits per heavy atom. The van der Waals surface area contributed by atoms with Gasteiger partial charge in [0, 0.05) is 24.5 Å². The molecule has 0 atom stereocenters. The normalized spacial score (nSPS) is 10.3. The summed E-state index contributed by atoms with van der Waals surface area (Å²) in [6.45, 7) is 0.881. The van der Waals surface area contributed by atoms with Crippen LogP contribution in [0.1, 0.15) is 21.5 Å². The van der Waals surface area contributed by atoms with E-state index in [1.165, 1.54) is 0 Å². The summed E-state index contributed by atoms with van der Waals surface area (Å²) in [6, 6.07) is 18.4. The topological polar surface area (TPSA) is 71.5 Å². The highest BCUT2D eigenvalue weighted by Gasteiger charge is 2.12. The van der Waals surface area contributed by atoms with Crippen LogP contribution in [0.5, 0.6) is 5.75 Å². The van der Waals surface area contributed by atoms with E-state index in [2.05, 4.69) is 26.2 Å². The molecule has 2 aromatic carbocycles. The Morgan fingerprint density at radius 3 is 2.58 bits per heavy atom. The van der Waals surface area contributed by atoms with Gasteiger partial charge in [0.15, 0.2) is 0 Å². The fourth-order valence-corrected chi connectivity index (χ4v) is 2.61. The van der Waals surface area contributed by atoms with Crippen molar-refractivity contribution in [1.82, 2.24) is 4.98 Å². The molecule has 0 saturated carbocycles. The highest BCUT2D eigenvalue weighted by molar-refractivity contribution is 9.10. The van der Waals surface area contributed by atoms with Gasteiger partial charge in [-0.3, -0.25) is 0 Å². The molecule has 132 valence electrons. The smallest absolute Gasteiger partial charge is 0.339 e. The lowest BCUT2D eigenvalue weighted by molar-refractivity contribution is 0.0692. The second-order valence-corrected chi connectivity index (χ2v) is 6.45. The number of nitrogens with zero attached hydrogens (tertiary/aromatic N) is 1. The monoisotopic (exact) mass is 412 g/mol. The molecule has 2 N–H and O–H groups in total. The van der Waals surface area contributed by atoms with Gasteiger partial charge in [0.05, 0.1) is 0 Å². The summed E-state index contributed by atoms with van der Waals surface area (Å²) in [7, 11) is 0. The van der Waals surface area contributed by atoms with Gasteiger partial charge in [-0.25, -0.2) is 9.78 Å². The van der Waals surface area contributed by atoms with Crippen molar-refractivity contribution in [2.24, 2.45) is 0 Å². The standard InChI is InChI=1S/C20H17BrN2O3/c21-19-9-6-15(12-23-19)11-22-16-7-8-17(20(24)25)18(10-16)26-13-14-4-2-1-3-5-14/h1-10,12,22H,11,13H2,(H,24,25). The third kappa shape index (κ3) is 4.83. The zero-order valence-corrected chi connectivity index (χ0v) is 15.4. The fourth-order valence-electron chi connectivity index (χ4n) is 2.38. The largest absolute Gasteiger partial charge is 0.488 e. The summed E-state index contributed by atoms with van der Waals surface area (Å²) in [5.74, 6) is -0.683. The van der Waals surface area contributed by atoms with E-state index in [9.17, 15) is 9.90 Å². The van der Waals surface area contributed by atoms with Crippen LogP contribution in [-0.4, -0.2) is 16.1 Å². The van der Waals surface area contributed by atoms with Crippen molar-refractivity contribution in [1.29, 1.82) is 0 Å². The first-order chi connectivity index (χ1) is 12.6. The lowest BCUT2D eigenvalue weighted by atomic mass is 10.1. The SMILES string of the molecule is O=C(O)c1ccc(NCc2ccc(Br)nc2)cc1OCc1ccccc1. The molecule has 6 heteroatoms. The highest BCUT2D eigenvalue weighted by Crippen LogP contribution is 2.25. The molecule has 0 aliphatic carbocycles. The maximum atomic E-state index is 11.4. The number of anilines is 1. The number of carbonyl (C=O) groups is 1. The van der Waals surface area contributed by atoms with E-state index in [0.717, 1.165) is 21.4 Å². The number of aromatic carboxylic acids is 1. The van der Waals surface area contributed by atoms with Crippen LogP contribution in [0.25, 0.3) is 0 Å². The molecule has 0 unspecified atom stereocenters. The molecule has 0 spiro atoms. The maximum absolute atomic E-state index is 11.4. The van der Waals surface area contributed by atoms with Gasteiger partial charge < -0.3 is 15.2 Å². The predicted octanol–water partition coefficient (Wildman–Crippen LogP) is 4.73. The Labute approximate surface area is 159 Å². The molecule has 0 aliphatic rings. The molecule has 3 aromatic rings. The van der Waals surface area contributed by atoms with Crippen molar-refractivity contribution >= 4 is 27.6 Å². The van der Waals surface area contributed by atoms with Crippen molar-refractivity contribution in [2.75, 3.05) is 5.32 Å². The average Bonchev–Trinajstić information content (AvgIpc) is 2.66. The Hall–Kier alpha value is -2.86. The molecule has 5 nitrogen and oxygen atoms in total. The zero-order chi connectivity index (χ0) is 18.4. The second kappa shape index (κ2) is 8.49. The van der Waals surface area contributed by atoms with E-state index < -0.39 is 5.97 Å². The van der Waals surface area contributed by atoms with E-state index in [1.54, 1.807) is 24.4 Å². The van der Waals surface area contributed by atoms with Gasteiger partial charge in [0.25, 0.3) is 0 Å². The summed E-state index contributed by atoms with van der Waals surface area (Å²) in [6.07, 6.45) is 1.77. The molecule has 1 aromatic heterocycles. The number of nitrogens with one attached hydrogen (secondary N) is 1. The Balaban J connectivity index is 1.72. The van der Waals surface area contributed by atoms with Crippen LogP contribution in [0.15, 0.2) is 71.5 Å². The van der Waals surface area contributed by atoms with Crippen molar-refractivity contribution < 1.29 is 14.6 Å². The molecule has 26 heavy (non-hydrogen) atoms. The molecule has 0 aliphatic heterocycles. The highest BCUT2D eigenvalue weighted by atomic mass is 79.9. The van der Waals surface area contributed by atoms with Crippen LogP contribution >= 0.6 is 15.9 Å². The maximum Gasteiger partial charge on any atom is 0.339 e. The van der Waals surface area contributed by atoms with Gasteiger partial charge in [-0.2, -0.15) is 0 Å². The Kier molecular flexibility index (Phi) is 5.86. The minimum Gasteiger partial charge on any atom is -0.488 e. The predicted molar refractivity (Wildman–Crippen MR) is 103 cm³/mol. The molecular weight excluding hydrogens is 396 g/mol. The average molecular weight is 413 g/mol. The van der Waals surface area contributed by atoms with Gasteiger partial charge in [0.1, 0.15) is 22.5 Å². The van der Waals surface area contributed by atoms with E-state index >= 15 is 0 Å². The molecule has 1 heterocycles. The van der Waals surface area contributed by atoms with E-state index in [-0.39, 0.29) is 5.56 Å². The van der Waals surface area contributed by atoms with Gasteiger partial charge >= 0.3 is 5.97 Å². The number of ether oxygens (including phenoxy) is 1. The number of carboxylic acid groups (broad SMARTS) is 1. The van der Waals surface area contributed by atoms with Crippen molar-refractivity contribution in [3.63, 3.8) is 0 Å². The fraction of sp³-hybridized carbons (Fsp3) is 0.100. The number of halogens is 1. The van der Waals surface area contributed by atoms with Crippen molar-refractivity contribution in [3.8, 4) is 5.75 Å². The Bertz CT molecular complexity index is 883. The molecule has 0 saturated heterocycles. The van der Waals surface area contributed by atoms with Gasteiger partial charge in [0.2, 0.25) is 0 Å². The van der Waals surface area contributed by atoms with Gasteiger partial charge in [-0.15, -0.1) is 0 Å². The summed E-state index contributed by atoms with van der Waals surface area (Å²) in [5.41, 5.74) is 2.91. The van der Waals surface area contributed by atoms with E-state index in [4.69, 9.17) is 4.74 Å². The number of rotatable bonds is 7. The van der Waals surface area contributed by atoms with Gasteiger partial charge in [-0.05, 0) is 45.3 Å². The molecule has 0 amide bonds. The summed E-state index contributed by atoms with van der Waals surface area (Å²) in [4.78, 5) is 15.6. The van der Waals surface area contributed by atoms with Crippen molar-refractivity contribution in [2.45, 2.75) is 13.2 Å². The quantitative estimate of drug-likeness (QED) is 0.548. The molecule has 0 bridgehead atoms. The third-order valence-corrected chi connectivity index (χ3v) is 4.20. The first kappa shape index (κ1) is 17.9. The minimum absolute atomic E-state index is 0.136. The van der Waals surface area contributed by atoms with Crippen LogP contribution in [0.4, 0.5) is 5.69 Å². The third-order valence-electron chi connectivity index (χ3n) is 3.73. The van der Waals surface area contributed by atoms with Crippen LogP contribution in [0, 0.1) is 0 Å². The second-order valence-electron chi connectivity index (χ2n) is 5.63. The van der Waals surface area contributed by atoms with Crippen LogP contribution in [0.3, 0.4) is 0 Å². The first-order valence-electron chi connectivity index (χ1n) is 8.00. The number of aromatic nitrogens is 1. The summed E-state index contributed by atoms with van der Waals surface area (Å²) < 4.78 is 6.53. The number of carboxylic acids is 1. The molecule has 0 radical (unpaired) electrons. The molecular formula is C20H17BrN2O3. The number of hydrogen-bond acceptors (Lipinski definition) is 4. The summed E-state index contributed by atoms with van der Waals surface area (Å²) in [5, 5.41) is 12.6. The molecule has 0 fully saturated rings. The number of hydrogen-bond donors (Lipinski definition) is 2. The summed E-state index contributed by atoms with van der Waals surface area (Å²) >= 11 is 3.31. The zero-order valence-electron chi connectivity index (χ0n) is 13.9. The van der Waals surface area contributed by atoms with Crippen LogP contribution in [-0.2, 0) is 13.2 Å². The van der Waals surface area contributed by atoms with E-state index in [1.807, 2.05) is 42.5 Å². The van der Waals surface area contributed by atoms with E-state index in [0.29, 0.717) is 18.9 Å². The van der Waals surface area contributed by atoms with Crippen LogP contribution < -0.4 is 10.1 Å². The van der Waals surface area contributed by atoms with Crippen LogP contribution in [0.2, 0.25) is 0 Å². The number of benzene rings is 2. The molecule has 3 rings (SSSR count). The van der Waals surface area contributed by atoms with Crippen molar-refractivity contribution in [3.05, 3.63) is 88.2 Å². The first-order valence-corrected chi connectivity index (χ1v) is 8.79. The lowest BCUT2D eigenvalue weighted by Crippen LogP contribution is -2.05. The lowest BCUT2D eigenvalue weighted by Gasteiger charge is -2.13. The van der Waals surface area contributed by atoms with Gasteiger partial charge in [-0.1, -0.05) is 36.4 Å².